The van der Waals surface area contributed by atoms with Crippen molar-refractivity contribution in [3.8, 4) is 5.75 Å². The molecule has 4 amide bonds. The molecule has 0 aliphatic carbocycles. The summed E-state index contributed by atoms with van der Waals surface area (Å²) in [5, 5.41) is 5.20. The first-order chi connectivity index (χ1) is 17.7. The number of hydrogen-bond donors (Lipinski definition) is 2. The summed E-state index contributed by atoms with van der Waals surface area (Å²) in [5.74, 6) is -1.51. The van der Waals surface area contributed by atoms with E-state index in [9.17, 15) is 18.8 Å². The molecule has 2 N–H and O–H groups in total. The fourth-order valence-corrected chi connectivity index (χ4v) is 4.83. The van der Waals surface area contributed by atoms with Gasteiger partial charge < -0.3 is 20.1 Å². The van der Waals surface area contributed by atoms with Gasteiger partial charge in [-0.05, 0) is 64.4 Å². The number of imide groups is 1. The summed E-state index contributed by atoms with van der Waals surface area (Å²) in [6, 6.07) is 8.64. The van der Waals surface area contributed by atoms with Crippen molar-refractivity contribution in [3.63, 3.8) is 0 Å². The van der Waals surface area contributed by atoms with Gasteiger partial charge in [0.15, 0.2) is 0 Å². The zero-order valence-electron chi connectivity index (χ0n) is 20.7. The van der Waals surface area contributed by atoms with E-state index in [1.807, 2.05) is 22.6 Å². The summed E-state index contributed by atoms with van der Waals surface area (Å²) in [6.07, 6.45) is 0. The van der Waals surface area contributed by atoms with Gasteiger partial charge >= 0.3 is 6.03 Å². The Morgan fingerprint density at radius 1 is 1.19 bits per heavy atom. The number of halogens is 2. The number of benzene rings is 2. The number of anilines is 1. The Morgan fingerprint density at radius 2 is 1.89 bits per heavy atom. The van der Waals surface area contributed by atoms with Gasteiger partial charge in [0, 0.05) is 23.2 Å². The fourth-order valence-electron chi connectivity index (χ4n) is 4.37. The van der Waals surface area contributed by atoms with Crippen molar-refractivity contribution >= 4 is 46.1 Å². The molecule has 9 nitrogen and oxygen atoms in total. The number of carbonyl (C=O) groups is 3. The third kappa shape index (κ3) is 6.57. The Bertz CT molecular complexity index is 1140. The molecule has 2 aliphatic heterocycles. The van der Waals surface area contributed by atoms with E-state index >= 15 is 0 Å². The molecule has 4 rings (SSSR count). The van der Waals surface area contributed by atoms with E-state index in [1.54, 1.807) is 44.2 Å². The van der Waals surface area contributed by atoms with Crippen molar-refractivity contribution in [1.82, 2.24) is 15.1 Å². The van der Waals surface area contributed by atoms with Crippen LogP contribution in [0, 0.1) is 15.3 Å². The quantitative estimate of drug-likeness (QED) is 0.328. The Hall–Kier alpha value is -2.77. The Morgan fingerprint density at radius 3 is 2.54 bits per heavy atom. The molecule has 2 aromatic rings. The van der Waals surface area contributed by atoms with Crippen LogP contribution >= 0.6 is 22.6 Å². The molecule has 0 aromatic heterocycles. The SMILES string of the molecule is CC(C)[C@@H](C(=O)Nc1ccc(I)cc1F)N1C(=O)N[C@H](c2ccc(OCCN3CCOCC3)cc2)C1=O. The lowest BCUT2D eigenvalue weighted by Crippen LogP contribution is -2.50. The molecule has 11 heteroatoms. The summed E-state index contributed by atoms with van der Waals surface area (Å²) in [7, 11) is 0. The topological polar surface area (TPSA) is 100 Å². The summed E-state index contributed by atoms with van der Waals surface area (Å²) in [6.45, 7) is 8.01. The minimum absolute atomic E-state index is 0.0103. The first-order valence-electron chi connectivity index (χ1n) is 12.2. The molecule has 198 valence electrons. The Balaban J connectivity index is 1.40. The van der Waals surface area contributed by atoms with Crippen LogP contribution in [0.4, 0.5) is 14.9 Å². The van der Waals surface area contributed by atoms with Crippen LogP contribution in [0.15, 0.2) is 42.5 Å². The van der Waals surface area contributed by atoms with Gasteiger partial charge in [0.2, 0.25) is 5.91 Å². The minimum Gasteiger partial charge on any atom is -0.492 e. The van der Waals surface area contributed by atoms with Gasteiger partial charge in [-0.2, -0.15) is 0 Å². The smallest absolute Gasteiger partial charge is 0.325 e. The normalized spacial score (nSPS) is 19.2. The van der Waals surface area contributed by atoms with E-state index in [-0.39, 0.29) is 5.69 Å². The number of morpholine rings is 1. The van der Waals surface area contributed by atoms with Crippen LogP contribution in [0.2, 0.25) is 0 Å². The van der Waals surface area contributed by atoms with E-state index < -0.39 is 41.7 Å². The standard InChI is InChI=1S/C26H30FIN4O5/c1-16(2)23(24(33)29-21-8-5-18(28)15-20(21)27)32-25(34)22(30-26(32)35)17-3-6-19(7-4-17)37-14-11-31-9-12-36-13-10-31/h3-8,15-16,22-23H,9-14H2,1-2H3,(H,29,33)(H,30,35)/t22-,23+/m1/s1. The second kappa shape index (κ2) is 12.2. The molecule has 37 heavy (non-hydrogen) atoms. The van der Waals surface area contributed by atoms with Crippen molar-refractivity contribution in [2.24, 2.45) is 5.92 Å². The highest BCUT2D eigenvalue weighted by atomic mass is 127. The van der Waals surface area contributed by atoms with Crippen LogP contribution in [-0.4, -0.2) is 73.1 Å². The molecule has 2 fully saturated rings. The van der Waals surface area contributed by atoms with Crippen molar-refractivity contribution < 1.29 is 28.2 Å². The number of amides is 4. The highest BCUT2D eigenvalue weighted by molar-refractivity contribution is 14.1. The van der Waals surface area contributed by atoms with Crippen LogP contribution in [0.5, 0.6) is 5.75 Å². The molecule has 0 radical (unpaired) electrons. The summed E-state index contributed by atoms with van der Waals surface area (Å²) in [5.41, 5.74) is 0.567. The van der Waals surface area contributed by atoms with Gasteiger partial charge in [-0.1, -0.05) is 26.0 Å². The number of nitrogens with one attached hydrogen (secondary N) is 2. The van der Waals surface area contributed by atoms with E-state index in [0.29, 0.717) is 21.5 Å². The number of ether oxygens (including phenoxy) is 2. The van der Waals surface area contributed by atoms with Crippen molar-refractivity contribution in [2.45, 2.75) is 25.9 Å². The second-order valence-corrected chi connectivity index (χ2v) is 10.5. The number of carbonyl (C=O) groups excluding carboxylic acids is 3. The summed E-state index contributed by atoms with van der Waals surface area (Å²) >= 11 is 1.97. The maximum Gasteiger partial charge on any atom is 0.325 e. The molecule has 2 heterocycles. The molecule has 2 aliphatic rings. The molecular formula is C26H30FIN4O5. The molecule has 0 unspecified atom stereocenters. The van der Waals surface area contributed by atoms with Gasteiger partial charge in [-0.3, -0.25) is 14.5 Å². The monoisotopic (exact) mass is 624 g/mol. The van der Waals surface area contributed by atoms with Crippen LogP contribution in [-0.2, 0) is 14.3 Å². The highest BCUT2D eigenvalue weighted by Gasteiger charge is 2.46. The lowest BCUT2D eigenvalue weighted by Gasteiger charge is -2.27. The van der Waals surface area contributed by atoms with Crippen LogP contribution in [0.3, 0.4) is 0 Å². The molecule has 2 saturated heterocycles. The molecule has 0 spiro atoms. The zero-order chi connectivity index (χ0) is 26.5. The molecular weight excluding hydrogens is 594 g/mol. The Labute approximate surface area is 228 Å². The first-order valence-corrected chi connectivity index (χ1v) is 13.2. The van der Waals surface area contributed by atoms with Crippen molar-refractivity contribution in [3.05, 3.63) is 57.4 Å². The number of nitrogens with zero attached hydrogens (tertiary/aromatic N) is 2. The van der Waals surface area contributed by atoms with Gasteiger partial charge in [0.1, 0.15) is 30.3 Å². The van der Waals surface area contributed by atoms with E-state index in [2.05, 4.69) is 15.5 Å². The van der Waals surface area contributed by atoms with Crippen LogP contribution in [0.1, 0.15) is 25.5 Å². The highest BCUT2D eigenvalue weighted by Crippen LogP contribution is 2.28. The number of hydrogen-bond acceptors (Lipinski definition) is 6. The third-order valence-electron chi connectivity index (χ3n) is 6.33. The summed E-state index contributed by atoms with van der Waals surface area (Å²) in [4.78, 5) is 42.4. The molecule has 0 saturated carbocycles. The first kappa shape index (κ1) is 27.3. The zero-order valence-corrected chi connectivity index (χ0v) is 22.9. The summed E-state index contributed by atoms with van der Waals surface area (Å²) < 4.78 is 26.1. The maximum atomic E-state index is 14.3. The van der Waals surface area contributed by atoms with Crippen LogP contribution in [0.25, 0.3) is 0 Å². The lowest BCUT2D eigenvalue weighted by molar-refractivity contribution is -0.135. The third-order valence-corrected chi connectivity index (χ3v) is 7.00. The predicted octanol–water partition coefficient (Wildman–Crippen LogP) is 3.40. The van der Waals surface area contributed by atoms with Gasteiger partial charge in [0.25, 0.3) is 5.91 Å². The number of rotatable bonds is 9. The average Bonchev–Trinajstić information content (AvgIpc) is 3.16. The largest absolute Gasteiger partial charge is 0.492 e. The van der Waals surface area contributed by atoms with Gasteiger partial charge in [-0.25, -0.2) is 14.1 Å². The second-order valence-electron chi connectivity index (χ2n) is 9.26. The molecule has 2 aromatic carbocycles. The van der Waals surface area contributed by atoms with Crippen molar-refractivity contribution in [1.29, 1.82) is 0 Å². The van der Waals surface area contributed by atoms with Gasteiger partial charge in [0.05, 0.1) is 18.9 Å². The Kier molecular flexibility index (Phi) is 8.98. The maximum absolute atomic E-state index is 14.3. The van der Waals surface area contributed by atoms with E-state index in [4.69, 9.17) is 9.47 Å². The number of urea groups is 1. The molecule has 2 atom stereocenters. The van der Waals surface area contributed by atoms with Crippen LogP contribution < -0.4 is 15.4 Å². The van der Waals surface area contributed by atoms with Gasteiger partial charge in [-0.15, -0.1) is 0 Å². The van der Waals surface area contributed by atoms with E-state index in [0.717, 1.165) is 37.7 Å². The fraction of sp³-hybridized carbons (Fsp3) is 0.423. The minimum atomic E-state index is -1.11. The predicted molar refractivity (Wildman–Crippen MR) is 144 cm³/mol. The van der Waals surface area contributed by atoms with E-state index in [1.165, 1.54) is 12.1 Å². The van der Waals surface area contributed by atoms with Crippen molar-refractivity contribution in [2.75, 3.05) is 44.8 Å². The molecule has 0 bridgehead atoms. The lowest BCUT2D eigenvalue weighted by atomic mass is 10.0. The average molecular weight is 624 g/mol.